The van der Waals surface area contributed by atoms with Gasteiger partial charge in [-0.2, -0.15) is 13.2 Å². The molecule has 1 unspecified atom stereocenters. The van der Waals surface area contributed by atoms with E-state index in [4.69, 9.17) is 5.73 Å². The largest absolute Gasteiger partial charge is 0.408 e. The molecule has 0 saturated carbocycles. The van der Waals surface area contributed by atoms with Gasteiger partial charge in [0.15, 0.2) is 0 Å². The molecule has 1 atom stereocenters. The maximum Gasteiger partial charge on any atom is 0.408 e. The summed E-state index contributed by atoms with van der Waals surface area (Å²) in [6.45, 7) is 1.39. The number of carbonyl (C=O) groups excluding carboxylic acids is 1. The van der Waals surface area contributed by atoms with E-state index in [-0.39, 0.29) is 5.56 Å². The van der Waals surface area contributed by atoms with Crippen LogP contribution >= 0.6 is 0 Å². The van der Waals surface area contributed by atoms with Crippen LogP contribution in [-0.2, 0) is 6.42 Å². The number of nitrogens with one attached hydrogen (secondary N) is 1. The number of halogens is 3. The molecule has 0 aliphatic carbocycles. The Morgan fingerprint density at radius 1 is 1.33 bits per heavy atom. The third-order valence-electron chi connectivity index (χ3n) is 2.49. The molecule has 0 spiro atoms. The first-order chi connectivity index (χ1) is 8.34. The summed E-state index contributed by atoms with van der Waals surface area (Å²) in [6, 6.07) is 4.47. The Balaban J connectivity index is 2.67. The topological polar surface area (TPSA) is 55.1 Å². The van der Waals surface area contributed by atoms with Gasteiger partial charge in [-0.1, -0.05) is 12.1 Å². The minimum atomic E-state index is -4.44. The molecule has 100 valence electrons. The molecule has 0 aliphatic heterocycles. The zero-order valence-corrected chi connectivity index (χ0v) is 9.92. The summed E-state index contributed by atoms with van der Waals surface area (Å²) in [6.07, 6.45) is -3.77. The van der Waals surface area contributed by atoms with Crippen LogP contribution in [0.3, 0.4) is 0 Å². The van der Waals surface area contributed by atoms with E-state index in [2.05, 4.69) is 0 Å². The van der Waals surface area contributed by atoms with Crippen molar-refractivity contribution in [1.82, 2.24) is 5.32 Å². The van der Waals surface area contributed by atoms with Crippen molar-refractivity contribution in [1.29, 1.82) is 0 Å². The molecule has 0 heterocycles. The average molecular weight is 260 g/mol. The highest BCUT2D eigenvalue weighted by atomic mass is 19.4. The maximum absolute atomic E-state index is 12.3. The van der Waals surface area contributed by atoms with Gasteiger partial charge in [-0.25, -0.2) is 0 Å². The predicted molar refractivity (Wildman–Crippen MR) is 62.2 cm³/mol. The summed E-state index contributed by atoms with van der Waals surface area (Å²) in [7, 11) is 0. The van der Waals surface area contributed by atoms with Gasteiger partial charge in [-0.05, 0) is 37.6 Å². The molecule has 6 heteroatoms. The number of nitrogens with two attached hydrogens (primary N) is 1. The summed E-state index contributed by atoms with van der Waals surface area (Å²) in [5.74, 6) is -0.737. The van der Waals surface area contributed by atoms with E-state index in [0.29, 0.717) is 13.0 Å². The molecule has 0 fully saturated rings. The SMILES string of the molecule is CC(NC(=O)c1ccc(CCN)cc1)C(F)(F)F. The summed E-state index contributed by atoms with van der Waals surface area (Å²) in [5.41, 5.74) is 6.51. The first-order valence-corrected chi connectivity index (χ1v) is 5.51. The lowest BCUT2D eigenvalue weighted by atomic mass is 10.1. The monoisotopic (exact) mass is 260 g/mol. The fourth-order valence-corrected chi connectivity index (χ4v) is 1.35. The molecule has 0 bridgehead atoms. The van der Waals surface area contributed by atoms with Crippen molar-refractivity contribution < 1.29 is 18.0 Å². The highest BCUT2D eigenvalue weighted by molar-refractivity contribution is 5.94. The molecule has 3 nitrogen and oxygen atoms in total. The summed E-state index contributed by atoms with van der Waals surface area (Å²) >= 11 is 0. The summed E-state index contributed by atoms with van der Waals surface area (Å²) < 4.78 is 36.8. The van der Waals surface area contributed by atoms with Gasteiger partial charge >= 0.3 is 6.18 Å². The second kappa shape index (κ2) is 5.86. The van der Waals surface area contributed by atoms with E-state index in [0.717, 1.165) is 12.5 Å². The lowest BCUT2D eigenvalue weighted by molar-refractivity contribution is -0.149. The van der Waals surface area contributed by atoms with E-state index in [9.17, 15) is 18.0 Å². The zero-order valence-electron chi connectivity index (χ0n) is 9.92. The molecule has 1 rings (SSSR count). The molecule has 0 radical (unpaired) electrons. The van der Waals surface area contributed by atoms with Crippen LogP contribution in [0.4, 0.5) is 13.2 Å². The van der Waals surface area contributed by atoms with Crippen LogP contribution in [0.2, 0.25) is 0 Å². The third kappa shape index (κ3) is 4.03. The molecule has 1 amide bonds. The van der Waals surface area contributed by atoms with Crippen molar-refractivity contribution in [3.63, 3.8) is 0 Å². The van der Waals surface area contributed by atoms with Crippen molar-refractivity contribution >= 4 is 5.91 Å². The van der Waals surface area contributed by atoms with Gasteiger partial charge in [0.05, 0.1) is 0 Å². The Bertz CT molecular complexity index is 401. The predicted octanol–water partition coefficient (Wildman–Crippen LogP) is 1.87. The molecular formula is C12H15F3N2O. The van der Waals surface area contributed by atoms with Gasteiger partial charge in [0.1, 0.15) is 6.04 Å². The van der Waals surface area contributed by atoms with Crippen LogP contribution in [0.5, 0.6) is 0 Å². The van der Waals surface area contributed by atoms with Crippen LogP contribution in [-0.4, -0.2) is 24.7 Å². The first kappa shape index (κ1) is 14.5. The fourth-order valence-electron chi connectivity index (χ4n) is 1.35. The minimum Gasteiger partial charge on any atom is -0.341 e. The molecule has 0 saturated heterocycles. The van der Waals surface area contributed by atoms with Gasteiger partial charge in [-0.15, -0.1) is 0 Å². The van der Waals surface area contributed by atoms with Crippen LogP contribution in [0, 0.1) is 0 Å². The number of hydrogen-bond acceptors (Lipinski definition) is 2. The molecule has 1 aromatic carbocycles. The van der Waals surface area contributed by atoms with Crippen LogP contribution in [0.15, 0.2) is 24.3 Å². The number of carbonyl (C=O) groups is 1. The molecule has 1 aromatic rings. The lowest BCUT2D eigenvalue weighted by Crippen LogP contribution is -2.43. The van der Waals surface area contributed by atoms with Crippen LogP contribution in [0.1, 0.15) is 22.8 Å². The minimum absolute atomic E-state index is 0.201. The van der Waals surface area contributed by atoms with Gasteiger partial charge in [-0.3, -0.25) is 4.79 Å². The smallest absolute Gasteiger partial charge is 0.341 e. The number of rotatable bonds is 4. The molecule has 0 aliphatic rings. The Hall–Kier alpha value is -1.56. The first-order valence-electron chi connectivity index (χ1n) is 5.51. The molecular weight excluding hydrogens is 245 g/mol. The second-order valence-electron chi connectivity index (χ2n) is 3.97. The van der Waals surface area contributed by atoms with E-state index < -0.39 is 18.1 Å². The van der Waals surface area contributed by atoms with Gasteiger partial charge < -0.3 is 11.1 Å². The third-order valence-corrected chi connectivity index (χ3v) is 2.49. The summed E-state index contributed by atoms with van der Waals surface area (Å²) in [5, 5.41) is 1.90. The van der Waals surface area contributed by atoms with Crippen LogP contribution < -0.4 is 11.1 Å². The second-order valence-corrected chi connectivity index (χ2v) is 3.97. The van der Waals surface area contributed by atoms with E-state index in [1.807, 2.05) is 5.32 Å². The van der Waals surface area contributed by atoms with E-state index in [1.165, 1.54) is 12.1 Å². The fraction of sp³-hybridized carbons (Fsp3) is 0.417. The summed E-state index contributed by atoms with van der Waals surface area (Å²) in [4.78, 5) is 11.5. The number of hydrogen-bond donors (Lipinski definition) is 2. The zero-order chi connectivity index (χ0) is 13.8. The molecule has 0 aromatic heterocycles. The van der Waals surface area contributed by atoms with E-state index >= 15 is 0 Å². The molecule has 3 N–H and O–H groups in total. The lowest BCUT2D eigenvalue weighted by Gasteiger charge is -2.17. The Labute approximate surface area is 103 Å². The molecule has 18 heavy (non-hydrogen) atoms. The number of alkyl halides is 3. The Kier molecular flexibility index (Phi) is 4.72. The van der Waals surface area contributed by atoms with Gasteiger partial charge in [0.2, 0.25) is 0 Å². The quantitative estimate of drug-likeness (QED) is 0.868. The Morgan fingerprint density at radius 2 is 1.89 bits per heavy atom. The van der Waals surface area contributed by atoms with Crippen molar-refractivity contribution in [2.45, 2.75) is 25.6 Å². The standard InChI is InChI=1S/C12H15F3N2O/c1-8(12(13,14)15)17-11(18)10-4-2-9(3-5-10)6-7-16/h2-5,8H,6-7,16H2,1H3,(H,17,18). The van der Waals surface area contributed by atoms with Crippen LogP contribution in [0.25, 0.3) is 0 Å². The normalized spacial score (nSPS) is 13.2. The van der Waals surface area contributed by atoms with Crippen molar-refractivity contribution in [2.75, 3.05) is 6.54 Å². The highest BCUT2D eigenvalue weighted by Crippen LogP contribution is 2.19. The van der Waals surface area contributed by atoms with Gasteiger partial charge in [0, 0.05) is 5.56 Å². The van der Waals surface area contributed by atoms with Crippen molar-refractivity contribution in [3.8, 4) is 0 Å². The van der Waals surface area contributed by atoms with E-state index in [1.54, 1.807) is 12.1 Å². The number of benzene rings is 1. The van der Waals surface area contributed by atoms with Gasteiger partial charge in [0.25, 0.3) is 5.91 Å². The van der Waals surface area contributed by atoms with Crippen molar-refractivity contribution in [3.05, 3.63) is 35.4 Å². The van der Waals surface area contributed by atoms with Crippen molar-refractivity contribution in [2.24, 2.45) is 5.73 Å². The number of amides is 1. The maximum atomic E-state index is 12.3. The average Bonchev–Trinajstić information content (AvgIpc) is 2.29. The highest BCUT2D eigenvalue weighted by Gasteiger charge is 2.37. The Morgan fingerprint density at radius 3 is 2.33 bits per heavy atom.